The summed E-state index contributed by atoms with van der Waals surface area (Å²) in [7, 11) is 0. The van der Waals surface area contributed by atoms with Crippen LogP contribution in [0.3, 0.4) is 0 Å². The van der Waals surface area contributed by atoms with Crippen LogP contribution in [-0.4, -0.2) is 19.6 Å². The van der Waals surface area contributed by atoms with E-state index < -0.39 is 11.6 Å². The van der Waals surface area contributed by atoms with Gasteiger partial charge in [0.05, 0.1) is 10.2 Å². The SMILES string of the molecule is NCC1CCN(c2cc(F)c(Br)cc2F)C1. The van der Waals surface area contributed by atoms with Gasteiger partial charge in [-0.15, -0.1) is 0 Å². The summed E-state index contributed by atoms with van der Waals surface area (Å²) in [4.78, 5) is 1.85. The van der Waals surface area contributed by atoms with Crippen molar-refractivity contribution in [3.05, 3.63) is 28.2 Å². The van der Waals surface area contributed by atoms with E-state index in [4.69, 9.17) is 5.73 Å². The van der Waals surface area contributed by atoms with Crippen LogP contribution in [0.1, 0.15) is 6.42 Å². The molecule has 2 N–H and O–H groups in total. The topological polar surface area (TPSA) is 29.3 Å². The van der Waals surface area contributed by atoms with Gasteiger partial charge in [-0.2, -0.15) is 0 Å². The predicted octanol–water partition coefficient (Wildman–Crippen LogP) is 2.51. The first-order valence-electron chi connectivity index (χ1n) is 5.21. The summed E-state index contributed by atoms with van der Waals surface area (Å²) in [5.74, 6) is -0.454. The Bertz CT molecular complexity index is 398. The van der Waals surface area contributed by atoms with Gasteiger partial charge in [0.2, 0.25) is 0 Å². The molecule has 0 amide bonds. The molecule has 88 valence electrons. The second-order valence-corrected chi connectivity index (χ2v) is 4.91. The van der Waals surface area contributed by atoms with Crippen LogP contribution in [0.15, 0.2) is 16.6 Å². The lowest BCUT2D eigenvalue weighted by atomic mass is 10.1. The number of halogens is 3. The molecule has 1 aromatic rings. The van der Waals surface area contributed by atoms with E-state index in [-0.39, 0.29) is 4.47 Å². The zero-order valence-electron chi connectivity index (χ0n) is 8.72. The number of nitrogens with two attached hydrogens (primary N) is 1. The number of hydrogen-bond donors (Lipinski definition) is 1. The van der Waals surface area contributed by atoms with Gasteiger partial charge in [-0.05, 0) is 40.9 Å². The first-order valence-corrected chi connectivity index (χ1v) is 6.00. The molecule has 1 fully saturated rings. The molecule has 1 heterocycles. The second kappa shape index (κ2) is 4.67. The Morgan fingerprint density at radius 1 is 1.38 bits per heavy atom. The van der Waals surface area contributed by atoms with Crippen molar-refractivity contribution in [1.82, 2.24) is 0 Å². The molecule has 0 aromatic heterocycles. The van der Waals surface area contributed by atoms with Crippen LogP contribution in [0.25, 0.3) is 0 Å². The van der Waals surface area contributed by atoms with E-state index in [1.54, 1.807) is 0 Å². The molecule has 16 heavy (non-hydrogen) atoms. The van der Waals surface area contributed by atoms with Gasteiger partial charge in [-0.25, -0.2) is 8.78 Å². The van der Waals surface area contributed by atoms with E-state index in [9.17, 15) is 8.78 Å². The van der Waals surface area contributed by atoms with Gasteiger partial charge in [-0.3, -0.25) is 0 Å². The van der Waals surface area contributed by atoms with E-state index in [0.29, 0.717) is 24.7 Å². The zero-order chi connectivity index (χ0) is 11.7. The quantitative estimate of drug-likeness (QED) is 0.848. The average Bonchev–Trinajstić information content (AvgIpc) is 2.71. The summed E-state index contributed by atoms with van der Waals surface area (Å²) in [6.07, 6.45) is 0.938. The highest BCUT2D eigenvalue weighted by Gasteiger charge is 2.24. The molecule has 0 saturated carbocycles. The van der Waals surface area contributed by atoms with E-state index in [1.807, 2.05) is 4.90 Å². The fourth-order valence-electron chi connectivity index (χ4n) is 2.00. The van der Waals surface area contributed by atoms with E-state index >= 15 is 0 Å². The lowest BCUT2D eigenvalue weighted by Crippen LogP contribution is -2.23. The minimum atomic E-state index is -0.437. The maximum atomic E-state index is 13.6. The molecule has 1 aromatic carbocycles. The van der Waals surface area contributed by atoms with Crippen molar-refractivity contribution in [2.24, 2.45) is 11.7 Å². The van der Waals surface area contributed by atoms with Crippen LogP contribution < -0.4 is 10.6 Å². The van der Waals surface area contributed by atoms with Crippen molar-refractivity contribution in [2.45, 2.75) is 6.42 Å². The minimum absolute atomic E-state index is 0.156. The molecule has 1 aliphatic heterocycles. The largest absolute Gasteiger partial charge is 0.369 e. The Balaban J connectivity index is 2.24. The maximum Gasteiger partial charge on any atom is 0.147 e. The van der Waals surface area contributed by atoms with Crippen LogP contribution in [0.5, 0.6) is 0 Å². The summed E-state index contributed by atoms with van der Waals surface area (Å²) in [6.45, 7) is 2.03. The molecule has 1 unspecified atom stereocenters. The van der Waals surface area contributed by atoms with Crippen LogP contribution in [0, 0.1) is 17.6 Å². The van der Waals surface area contributed by atoms with Crippen molar-refractivity contribution in [3.8, 4) is 0 Å². The van der Waals surface area contributed by atoms with Crippen LogP contribution >= 0.6 is 15.9 Å². The fourth-order valence-corrected chi connectivity index (χ4v) is 2.31. The van der Waals surface area contributed by atoms with Gasteiger partial charge >= 0.3 is 0 Å². The number of nitrogens with zero attached hydrogens (tertiary/aromatic N) is 1. The van der Waals surface area contributed by atoms with Gasteiger partial charge in [0.25, 0.3) is 0 Å². The summed E-state index contributed by atoms with van der Waals surface area (Å²) in [5, 5.41) is 0. The van der Waals surface area contributed by atoms with E-state index in [2.05, 4.69) is 15.9 Å². The molecule has 1 aliphatic rings. The standard InChI is InChI=1S/C11H13BrF2N2/c12-8-3-10(14)11(4-9(8)13)16-2-1-7(5-15)6-16/h3-4,7H,1-2,5-6,15H2. The van der Waals surface area contributed by atoms with E-state index in [0.717, 1.165) is 13.0 Å². The smallest absolute Gasteiger partial charge is 0.147 e. The molecule has 0 aliphatic carbocycles. The molecular formula is C11H13BrF2N2. The highest BCUT2D eigenvalue weighted by molar-refractivity contribution is 9.10. The monoisotopic (exact) mass is 290 g/mol. The van der Waals surface area contributed by atoms with Gasteiger partial charge in [0, 0.05) is 19.2 Å². The zero-order valence-corrected chi connectivity index (χ0v) is 10.3. The molecule has 0 spiro atoms. The van der Waals surface area contributed by atoms with Crippen molar-refractivity contribution < 1.29 is 8.78 Å². The number of rotatable bonds is 2. The lowest BCUT2D eigenvalue weighted by molar-refractivity contribution is 0.585. The Labute approximate surface area is 102 Å². The van der Waals surface area contributed by atoms with Crippen molar-refractivity contribution >= 4 is 21.6 Å². The molecular weight excluding hydrogens is 278 g/mol. The minimum Gasteiger partial charge on any atom is -0.369 e. The van der Waals surface area contributed by atoms with E-state index in [1.165, 1.54) is 12.1 Å². The maximum absolute atomic E-state index is 13.6. The number of anilines is 1. The first kappa shape index (κ1) is 11.8. The summed E-state index contributed by atoms with van der Waals surface area (Å²) in [5.41, 5.74) is 5.89. The van der Waals surface area contributed by atoms with Gasteiger partial charge < -0.3 is 10.6 Å². The van der Waals surface area contributed by atoms with Crippen LogP contribution in [0.4, 0.5) is 14.5 Å². The molecule has 2 rings (SSSR count). The van der Waals surface area contributed by atoms with Gasteiger partial charge in [0.1, 0.15) is 11.6 Å². The van der Waals surface area contributed by atoms with Gasteiger partial charge in [-0.1, -0.05) is 0 Å². The normalized spacial score (nSPS) is 20.5. The second-order valence-electron chi connectivity index (χ2n) is 4.05. The molecule has 2 nitrogen and oxygen atoms in total. The summed E-state index contributed by atoms with van der Waals surface area (Å²) in [6, 6.07) is 2.40. The number of benzene rings is 1. The molecule has 0 radical (unpaired) electrons. The summed E-state index contributed by atoms with van der Waals surface area (Å²) >= 11 is 2.96. The Kier molecular flexibility index (Phi) is 3.44. The predicted molar refractivity (Wildman–Crippen MR) is 63.4 cm³/mol. The van der Waals surface area contributed by atoms with Crippen LogP contribution in [-0.2, 0) is 0 Å². The highest BCUT2D eigenvalue weighted by atomic mass is 79.9. The molecule has 1 saturated heterocycles. The fraction of sp³-hybridized carbons (Fsp3) is 0.455. The average molecular weight is 291 g/mol. The third-order valence-corrected chi connectivity index (χ3v) is 3.56. The molecule has 1 atom stereocenters. The van der Waals surface area contributed by atoms with Gasteiger partial charge in [0.15, 0.2) is 0 Å². The van der Waals surface area contributed by atoms with Crippen molar-refractivity contribution in [2.75, 3.05) is 24.5 Å². The Morgan fingerprint density at radius 3 is 2.75 bits per heavy atom. The first-order chi connectivity index (χ1) is 7.61. The van der Waals surface area contributed by atoms with Crippen molar-refractivity contribution in [3.63, 3.8) is 0 Å². The lowest BCUT2D eigenvalue weighted by Gasteiger charge is -2.19. The van der Waals surface area contributed by atoms with Crippen molar-refractivity contribution in [1.29, 1.82) is 0 Å². The Hall–Kier alpha value is -0.680. The molecule has 0 bridgehead atoms. The molecule has 5 heteroatoms. The third-order valence-electron chi connectivity index (χ3n) is 2.95. The number of hydrogen-bond acceptors (Lipinski definition) is 2. The summed E-state index contributed by atoms with van der Waals surface area (Å²) < 4.78 is 27.1. The van der Waals surface area contributed by atoms with Crippen LogP contribution in [0.2, 0.25) is 0 Å². The third kappa shape index (κ3) is 2.20. The Morgan fingerprint density at radius 2 is 2.12 bits per heavy atom. The highest BCUT2D eigenvalue weighted by Crippen LogP contribution is 2.29.